The molecule has 2 aromatic heterocycles. The monoisotopic (exact) mass is 489 g/mol. The Morgan fingerprint density at radius 2 is 1.91 bits per heavy atom. The summed E-state index contributed by atoms with van der Waals surface area (Å²) in [5.74, 6) is -1.08. The number of aliphatic hydroxyl groups excluding tert-OH is 1. The Hall–Kier alpha value is -3.82. The van der Waals surface area contributed by atoms with Crippen molar-refractivity contribution in [1.29, 1.82) is 0 Å². The molecule has 0 saturated heterocycles. The lowest BCUT2D eigenvalue weighted by Crippen LogP contribution is -2.31. The molecule has 0 radical (unpaired) electrons. The molecule has 1 N–H and O–H groups in total. The first kappa shape index (κ1) is 22.0. The highest BCUT2D eigenvalue weighted by Gasteiger charge is 2.46. The van der Waals surface area contributed by atoms with Crippen molar-refractivity contribution in [3.63, 3.8) is 0 Å². The fourth-order valence-corrected chi connectivity index (χ4v) is 5.18. The van der Waals surface area contributed by atoms with Crippen LogP contribution in [0.25, 0.3) is 0 Å². The molecule has 9 heteroatoms. The smallest absolute Gasteiger partial charge is 0.296 e. The summed E-state index contributed by atoms with van der Waals surface area (Å²) >= 11 is 2.47. The summed E-state index contributed by atoms with van der Waals surface area (Å²) in [7, 11) is 0. The van der Waals surface area contributed by atoms with Crippen LogP contribution >= 0.6 is 22.7 Å². The number of rotatable bonds is 7. The lowest BCUT2D eigenvalue weighted by Gasteiger charge is -2.24. The number of anilines is 1. The molecular weight excluding hydrogens is 470 g/mol. The molecule has 0 saturated carbocycles. The molecule has 1 aliphatic heterocycles. The highest BCUT2D eigenvalue weighted by molar-refractivity contribution is 7.15. The zero-order valence-corrected chi connectivity index (χ0v) is 19.7. The van der Waals surface area contributed by atoms with Crippen molar-refractivity contribution in [2.75, 3.05) is 4.90 Å². The number of Topliss-reactive ketones (excluding diaryl/α,β-unsaturated/α-hetero) is 1. The molecule has 34 heavy (non-hydrogen) atoms. The highest BCUT2D eigenvalue weighted by Crippen LogP contribution is 2.43. The number of hydrogen-bond acceptors (Lipinski definition) is 8. The van der Waals surface area contributed by atoms with Gasteiger partial charge in [-0.2, -0.15) is 0 Å². The molecule has 1 atom stereocenters. The number of benzene rings is 2. The third-order valence-electron chi connectivity index (χ3n) is 5.34. The lowest BCUT2D eigenvalue weighted by atomic mass is 9.95. The standard InChI is InChI=1S/C25H19N3O4S2/c1-15-26-27-25(34-15)28-21(20(23(30)24(28)31)22(29)19-11-6-12-33-19)17-9-5-10-18(13-17)32-14-16-7-3-2-4-8-16/h2-13,21,30H,14H2,1H3. The average molecular weight is 490 g/mol. The third-order valence-corrected chi connectivity index (χ3v) is 7.05. The minimum Gasteiger partial charge on any atom is -0.503 e. The van der Waals surface area contributed by atoms with E-state index < -0.39 is 23.5 Å². The van der Waals surface area contributed by atoms with Crippen molar-refractivity contribution < 1.29 is 19.4 Å². The van der Waals surface area contributed by atoms with Crippen LogP contribution in [0.5, 0.6) is 5.75 Å². The van der Waals surface area contributed by atoms with Crippen LogP contribution in [0.3, 0.4) is 0 Å². The van der Waals surface area contributed by atoms with E-state index in [0.29, 0.717) is 32.9 Å². The molecule has 0 bridgehead atoms. The van der Waals surface area contributed by atoms with Gasteiger partial charge in [0.15, 0.2) is 5.76 Å². The zero-order chi connectivity index (χ0) is 23.7. The quantitative estimate of drug-likeness (QED) is 0.356. The van der Waals surface area contributed by atoms with Crippen LogP contribution < -0.4 is 9.64 Å². The first-order chi connectivity index (χ1) is 16.5. The predicted molar refractivity (Wildman–Crippen MR) is 130 cm³/mol. The topological polar surface area (TPSA) is 92.6 Å². The van der Waals surface area contributed by atoms with E-state index >= 15 is 0 Å². The van der Waals surface area contributed by atoms with E-state index in [1.807, 2.05) is 36.4 Å². The molecule has 1 unspecified atom stereocenters. The second-order valence-corrected chi connectivity index (χ2v) is 9.70. The van der Waals surface area contributed by atoms with Gasteiger partial charge in [0.25, 0.3) is 5.91 Å². The summed E-state index contributed by atoms with van der Waals surface area (Å²) in [6.07, 6.45) is 0. The summed E-state index contributed by atoms with van der Waals surface area (Å²) in [6.45, 7) is 2.15. The van der Waals surface area contributed by atoms with Crippen molar-refractivity contribution >= 4 is 39.5 Å². The van der Waals surface area contributed by atoms with E-state index in [-0.39, 0.29) is 5.57 Å². The van der Waals surface area contributed by atoms with Crippen molar-refractivity contribution in [1.82, 2.24) is 10.2 Å². The van der Waals surface area contributed by atoms with Crippen LogP contribution in [-0.4, -0.2) is 27.0 Å². The fraction of sp³-hybridized carbons (Fsp3) is 0.120. The second kappa shape index (κ2) is 9.20. The molecular formula is C25H19N3O4S2. The van der Waals surface area contributed by atoms with Gasteiger partial charge in [-0.15, -0.1) is 21.5 Å². The van der Waals surface area contributed by atoms with Crippen LogP contribution in [0.4, 0.5) is 5.13 Å². The number of aromatic nitrogens is 2. The molecule has 1 amide bonds. The SMILES string of the molecule is Cc1nnc(N2C(=O)C(O)=C(C(=O)c3cccs3)C2c2cccc(OCc3ccccc3)c2)s1. The van der Waals surface area contributed by atoms with Crippen molar-refractivity contribution in [2.24, 2.45) is 0 Å². The number of thiophene rings is 1. The number of carbonyl (C=O) groups is 2. The van der Waals surface area contributed by atoms with Crippen LogP contribution in [0, 0.1) is 6.92 Å². The summed E-state index contributed by atoms with van der Waals surface area (Å²) in [4.78, 5) is 28.3. The zero-order valence-electron chi connectivity index (χ0n) is 18.0. The number of aliphatic hydroxyl groups is 1. The maximum atomic E-state index is 13.4. The van der Waals surface area contributed by atoms with Gasteiger partial charge in [-0.25, -0.2) is 0 Å². The van der Waals surface area contributed by atoms with Crippen LogP contribution in [-0.2, 0) is 11.4 Å². The Balaban J connectivity index is 1.55. The maximum absolute atomic E-state index is 13.4. The molecule has 0 fully saturated rings. The number of nitrogens with zero attached hydrogens (tertiary/aromatic N) is 3. The number of carbonyl (C=O) groups excluding carboxylic acids is 2. The minimum atomic E-state index is -0.866. The van der Waals surface area contributed by atoms with Gasteiger partial charge in [0.1, 0.15) is 17.4 Å². The Kier molecular flexibility index (Phi) is 5.95. The summed E-state index contributed by atoms with van der Waals surface area (Å²) in [6, 6.07) is 19.5. The van der Waals surface area contributed by atoms with Gasteiger partial charge in [0.05, 0.1) is 16.5 Å². The predicted octanol–water partition coefficient (Wildman–Crippen LogP) is 5.27. The normalized spacial score (nSPS) is 15.7. The maximum Gasteiger partial charge on any atom is 0.296 e. The van der Waals surface area contributed by atoms with Crippen molar-refractivity contribution in [3.05, 3.63) is 104 Å². The molecule has 4 aromatic rings. The third kappa shape index (κ3) is 4.11. The first-order valence-electron chi connectivity index (χ1n) is 10.4. The number of ketones is 1. The van der Waals surface area contributed by atoms with Gasteiger partial charge in [-0.1, -0.05) is 59.9 Å². The molecule has 5 rings (SSSR count). The molecule has 0 aliphatic carbocycles. The van der Waals surface area contributed by atoms with Gasteiger partial charge in [-0.05, 0) is 41.6 Å². The van der Waals surface area contributed by atoms with E-state index in [1.54, 1.807) is 42.6 Å². The van der Waals surface area contributed by atoms with Gasteiger partial charge in [0.2, 0.25) is 10.9 Å². The Morgan fingerprint density at radius 1 is 1.09 bits per heavy atom. The van der Waals surface area contributed by atoms with Crippen molar-refractivity contribution in [2.45, 2.75) is 19.6 Å². The Bertz CT molecular complexity index is 1380. The average Bonchev–Trinajstić information content (AvgIpc) is 3.59. The number of ether oxygens (including phenoxy) is 1. The number of aryl methyl sites for hydroxylation is 1. The van der Waals surface area contributed by atoms with E-state index in [2.05, 4.69) is 10.2 Å². The van der Waals surface area contributed by atoms with Gasteiger partial charge in [-0.3, -0.25) is 14.5 Å². The van der Waals surface area contributed by atoms with E-state index in [1.165, 1.54) is 27.6 Å². The molecule has 7 nitrogen and oxygen atoms in total. The molecule has 1 aliphatic rings. The van der Waals surface area contributed by atoms with Crippen LogP contribution in [0.1, 0.15) is 31.8 Å². The van der Waals surface area contributed by atoms with Gasteiger partial charge < -0.3 is 9.84 Å². The molecule has 0 spiro atoms. The Morgan fingerprint density at radius 3 is 2.62 bits per heavy atom. The largest absolute Gasteiger partial charge is 0.503 e. The molecule has 170 valence electrons. The lowest BCUT2D eigenvalue weighted by molar-refractivity contribution is -0.117. The fourth-order valence-electron chi connectivity index (χ4n) is 3.79. The van der Waals surface area contributed by atoms with Gasteiger partial charge in [0, 0.05) is 0 Å². The van der Waals surface area contributed by atoms with E-state index in [0.717, 1.165) is 5.56 Å². The number of amides is 1. The summed E-state index contributed by atoms with van der Waals surface area (Å²) in [5, 5.41) is 21.7. The highest BCUT2D eigenvalue weighted by atomic mass is 32.1. The van der Waals surface area contributed by atoms with E-state index in [4.69, 9.17) is 4.74 Å². The number of hydrogen-bond donors (Lipinski definition) is 1. The van der Waals surface area contributed by atoms with Crippen molar-refractivity contribution in [3.8, 4) is 5.75 Å². The van der Waals surface area contributed by atoms with Crippen LogP contribution in [0.2, 0.25) is 0 Å². The van der Waals surface area contributed by atoms with Crippen LogP contribution in [0.15, 0.2) is 83.4 Å². The Labute approximate surface area is 203 Å². The van der Waals surface area contributed by atoms with Gasteiger partial charge >= 0.3 is 0 Å². The molecule has 2 aromatic carbocycles. The second-order valence-electron chi connectivity index (χ2n) is 7.60. The molecule has 3 heterocycles. The van der Waals surface area contributed by atoms with E-state index in [9.17, 15) is 14.7 Å². The first-order valence-corrected chi connectivity index (χ1v) is 12.1. The summed E-state index contributed by atoms with van der Waals surface area (Å²) < 4.78 is 5.97. The summed E-state index contributed by atoms with van der Waals surface area (Å²) in [5.41, 5.74) is 1.65. The minimum absolute atomic E-state index is 0.0144.